The van der Waals surface area contributed by atoms with Gasteiger partial charge in [-0.05, 0) is 55.8 Å². The molecule has 2 nitrogen and oxygen atoms in total. The SMILES string of the molecule is CNC(C)c1cncc(-c2cc(Cl)ccc2C)c1. The predicted octanol–water partition coefficient (Wildman–Crippen LogP) is 3.99. The Balaban J connectivity index is 2.47. The summed E-state index contributed by atoms with van der Waals surface area (Å²) in [6.07, 6.45) is 3.77. The van der Waals surface area contributed by atoms with Crippen molar-refractivity contribution in [1.82, 2.24) is 10.3 Å². The minimum absolute atomic E-state index is 0.289. The van der Waals surface area contributed by atoms with Gasteiger partial charge in [0.2, 0.25) is 0 Å². The Bertz CT molecular complexity index is 552. The summed E-state index contributed by atoms with van der Waals surface area (Å²) in [5, 5.41) is 3.97. The highest BCUT2D eigenvalue weighted by Gasteiger charge is 2.07. The van der Waals surface area contributed by atoms with Crippen LogP contribution < -0.4 is 5.32 Å². The molecule has 0 saturated carbocycles. The van der Waals surface area contributed by atoms with Crippen LogP contribution in [0.2, 0.25) is 5.02 Å². The molecule has 18 heavy (non-hydrogen) atoms. The van der Waals surface area contributed by atoms with Crippen LogP contribution in [0.1, 0.15) is 24.1 Å². The second-order valence-electron chi connectivity index (χ2n) is 4.48. The molecule has 0 aliphatic heterocycles. The van der Waals surface area contributed by atoms with Crippen LogP contribution in [0.3, 0.4) is 0 Å². The first-order valence-corrected chi connectivity index (χ1v) is 6.38. The fraction of sp³-hybridized carbons (Fsp3) is 0.267. The molecule has 0 radical (unpaired) electrons. The van der Waals surface area contributed by atoms with E-state index in [2.05, 4.69) is 30.2 Å². The van der Waals surface area contributed by atoms with Crippen molar-refractivity contribution in [1.29, 1.82) is 0 Å². The molecule has 0 aliphatic rings. The molecule has 94 valence electrons. The Kier molecular flexibility index (Phi) is 4.00. The largest absolute Gasteiger partial charge is 0.313 e. The number of halogens is 1. The molecule has 0 fully saturated rings. The maximum absolute atomic E-state index is 6.06. The second kappa shape index (κ2) is 5.51. The molecular weight excluding hydrogens is 244 g/mol. The molecule has 2 rings (SSSR count). The third-order valence-corrected chi connectivity index (χ3v) is 3.44. The average Bonchev–Trinajstić information content (AvgIpc) is 2.40. The summed E-state index contributed by atoms with van der Waals surface area (Å²) in [5.41, 5.74) is 4.62. The van der Waals surface area contributed by atoms with Gasteiger partial charge in [-0.2, -0.15) is 0 Å². The number of nitrogens with one attached hydrogen (secondary N) is 1. The van der Waals surface area contributed by atoms with Crippen molar-refractivity contribution in [2.75, 3.05) is 7.05 Å². The van der Waals surface area contributed by atoms with E-state index < -0.39 is 0 Å². The Labute approximate surface area is 113 Å². The summed E-state index contributed by atoms with van der Waals surface area (Å²) in [6, 6.07) is 8.38. The van der Waals surface area contributed by atoms with Crippen molar-refractivity contribution in [3.05, 3.63) is 52.8 Å². The van der Waals surface area contributed by atoms with Crippen molar-refractivity contribution in [3.8, 4) is 11.1 Å². The van der Waals surface area contributed by atoms with Crippen molar-refractivity contribution >= 4 is 11.6 Å². The molecule has 1 atom stereocenters. The molecule has 3 heteroatoms. The standard InChI is InChI=1S/C15H17ClN2/c1-10-4-5-14(16)7-15(10)13-6-12(8-18-9-13)11(2)17-3/h4-9,11,17H,1-3H3. The van der Waals surface area contributed by atoms with Crippen LogP contribution in [-0.2, 0) is 0 Å². The zero-order valence-corrected chi connectivity index (χ0v) is 11.6. The first-order valence-electron chi connectivity index (χ1n) is 6.00. The van der Waals surface area contributed by atoms with Gasteiger partial charge in [0.1, 0.15) is 0 Å². The third kappa shape index (κ3) is 2.71. The minimum atomic E-state index is 0.289. The van der Waals surface area contributed by atoms with Gasteiger partial charge in [0.15, 0.2) is 0 Å². The van der Waals surface area contributed by atoms with Crippen molar-refractivity contribution in [2.24, 2.45) is 0 Å². The maximum Gasteiger partial charge on any atom is 0.0412 e. The van der Waals surface area contributed by atoms with E-state index in [-0.39, 0.29) is 6.04 Å². The highest BCUT2D eigenvalue weighted by atomic mass is 35.5. The van der Waals surface area contributed by atoms with Crippen LogP contribution in [0.15, 0.2) is 36.7 Å². The second-order valence-corrected chi connectivity index (χ2v) is 4.91. The number of pyridine rings is 1. The Morgan fingerprint density at radius 1 is 1.22 bits per heavy atom. The monoisotopic (exact) mass is 260 g/mol. The van der Waals surface area contributed by atoms with E-state index in [0.29, 0.717) is 0 Å². The van der Waals surface area contributed by atoms with Crippen molar-refractivity contribution in [3.63, 3.8) is 0 Å². The first kappa shape index (κ1) is 13.1. The maximum atomic E-state index is 6.06. The highest BCUT2D eigenvalue weighted by Crippen LogP contribution is 2.27. The van der Waals surface area contributed by atoms with Gasteiger partial charge in [0.25, 0.3) is 0 Å². The molecular formula is C15H17ClN2. The number of benzene rings is 1. The lowest BCUT2D eigenvalue weighted by Gasteiger charge is -2.12. The average molecular weight is 261 g/mol. The number of aryl methyl sites for hydroxylation is 1. The van der Waals surface area contributed by atoms with Crippen LogP contribution in [0.5, 0.6) is 0 Å². The van der Waals surface area contributed by atoms with E-state index in [1.54, 1.807) is 0 Å². The molecule has 1 heterocycles. The van der Waals surface area contributed by atoms with Crippen LogP contribution in [0, 0.1) is 6.92 Å². The first-order chi connectivity index (χ1) is 8.61. The van der Waals surface area contributed by atoms with E-state index in [4.69, 9.17) is 11.6 Å². The summed E-state index contributed by atoms with van der Waals surface area (Å²) >= 11 is 6.06. The smallest absolute Gasteiger partial charge is 0.0412 e. The number of hydrogen-bond acceptors (Lipinski definition) is 2. The molecule has 0 spiro atoms. The van der Waals surface area contributed by atoms with Gasteiger partial charge in [-0.25, -0.2) is 0 Å². The van der Waals surface area contributed by atoms with Gasteiger partial charge in [0.05, 0.1) is 0 Å². The molecule has 1 unspecified atom stereocenters. The zero-order chi connectivity index (χ0) is 13.1. The van der Waals surface area contributed by atoms with E-state index in [9.17, 15) is 0 Å². The molecule has 0 amide bonds. The van der Waals surface area contributed by atoms with Crippen LogP contribution in [0.4, 0.5) is 0 Å². The van der Waals surface area contributed by atoms with Crippen LogP contribution >= 0.6 is 11.6 Å². The number of aromatic nitrogens is 1. The highest BCUT2D eigenvalue weighted by molar-refractivity contribution is 6.30. The summed E-state index contributed by atoms with van der Waals surface area (Å²) in [4.78, 5) is 4.32. The quantitative estimate of drug-likeness (QED) is 0.903. The summed E-state index contributed by atoms with van der Waals surface area (Å²) < 4.78 is 0. The Morgan fingerprint density at radius 3 is 2.72 bits per heavy atom. The van der Waals surface area contributed by atoms with Gasteiger partial charge in [-0.1, -0.05) is 17.7 Å². The predicted molar refractivity (Wildman–Crippen MR) is 76.9 cm³/mol. The summed E-state index contributed by atoms with van der Waals surface area (Å²) in [7, 11) is 1.95. The fourth-order valence-corrected chi connectivity index (χ4v) is 2.09. The van der Waals surface area contributed by atoms with Crippen molar-refractivity contribution in [2.45, 2.75) is 19.9 Å². The molecule has 1 aromatic heterocycles. The van der Waals surface area contributed by atoms with E-state index in [1.165, 1.54) is 11.1 Å². The Hall–Kier alpha value is -1.38. The lowest BCUT2D eigenvalue weighted by molar-refractivity contribution is 0.650. The lowest BCUT2D eigenvalue weighted by Crippen LogP contribution is -2.12. The fourth-order valence-electron chi connectivity index (χ4n) is 1.91. The summed E-state index contributed by atoms with van der Waals surface area (Å²) in [6.45, 7) is 4.20. The van der Waals surface area contributed by atoms with Gasteiger partial charge < -0.3 is 5.32 Å². The van der Waals surface area contributed by atoms with Gasteiger partial charge >= 0.3 is 0 Å². The van der Waals surface area contributed by atoms with Crippen LogP contribution in [-0.4, -0.2) is 12.0 Å². The number of hydrogen-bond donors (Lipinski definition) is 1. The minimum Gasteiger partial charge on any atom is -0.313 e. The molecule has 0 bridgehead atoms. The lowest BCUT2D eigenvalue weighted by atomic mass is 9.99. The van der Waals surface area contributed by atoms with Crippen LogP contribution in [0.25, 0.3) is 11.1 Å². The normalized spacial score (nSPS) is 12.4. The molecule has 0 aliphatic carbocycles. The van der Waals surface area contributed by atoms with E-state index >= 15 is 0 Å². The third-order valence-electron chi connectivity index (χ3n) is 3.20. The number of nitrogens with zero attached hydrogens (tertiary/aromatic N) is 1. The Morgan fingerprint density at radius 2 is 2.00 bits per heavy atom. The van der Waals surface area contributed by atoms with E-state index in [1.807, 2.05) is 37.6 Å². The van der Waals surface area contributed by atoms with Gasteiger partial charge in [-0.15, -0.1) is 0 Å². The zero-order valence-electron chi connectivity index (χ0n) is 10.9. The molecule has 1 N–H and O–H groups in total. The topological polar surface area (TPSA) is 24.9 Å². The molecule has 2 aromatic rings. The van der Waals surface area contributed by atoms with Gasteiger partial charge in [0, 0.05) is 29.0 Å². The van der Waals surface area contributed by atoms with Gasteiger partial charge in [-0.3, -0.25) is 4.98 Å². The summed E-state index contributed by atoms with van der Waals surface area (Å²) in [5.74, 6) is 0. The number of rotatable bonds is 3. The molecule has 1 aromatic carbocycles. The van der Waals surface area contributed by atoms with E-state index in [0.717, 1.165) is 16.1 Å². The van der Waals surface area contributed by atoms with Crippen molar-refractivity contribution < 1.29 is 0 Å². The molecule has 0 saturated heterocycles.